The number of nitro groups is 1. The zero-order valence-electron chi connectivity index (χ0n) is 7.45. The minimum atomic E-state index is -0.495. The summed E-state index contributed by atoms with van der Waals surface area (Å²) in [4.78, 5) is 12.0. The van der Waals surface area contributed by atoms with Crippen molar-refractivity contribution in [3.8, 4) is 0 Å². The number of benzene rings is 1. The largest absolute Gasteiger partial charge is 0.293 e. The molecule has 1 N–H and O–H groups in total. The Balaban J connectivity index is 0.000000671. The Hall–Kier alpha value is -1.29. The molecule has 0 aliphatic heterocycles. The summed E-state index contributed by atoms with van der Waals surface area (Å²) >= 11 is 5.22. The van der Waals surface area contributed by atoms with Crippen LogP contribution in [0.5, 0.6) is 0 Å². The van der Waals surface area contributed by atoms with Gasteiger partial charge in [-0.05, 0) is 6.07 Å². The zero-order valence-corrected chi connectivity index (χ0v) is 8.21. The quantitative estimate of drug-likeness (QED) is 0.455. The second-order valence-corrected chi connectivity index (χ2v) is 2.06. The van der Waals surface area contributed by atoms with Crippen molar-refractivity contribution in [2.45, 2.75) is 13.8 Å². The second-order valence-electron chi connectivity index (χ2n) is 1.87. The highest BCUT2D eigenvalue weighted by Crippen LogP contribution is 2.23. The van der Waals surface area contributed by atoms with E-state index in [9.17, 15) is 10.1 Å². The molecule has 0 unspecified atom stereocenters. The summed E-state index contributed by atoms with van der Waals surface area (Å²) in [6, 6.07) is 6.16. The van der Waals surface area contributed by atoms with Gasteiger partial charge in [0, 0.05) is 17.8 Å². The minimum absolute atomic E-state index is 0.0255. The Labute approximate surface area is 81.8 Å². The average molecular weight is 203 g/mol. The maximum Gasteiger partial charge on any atom is 0.293 e. The lowest BCUT2D eigenvalue weighted by atomic mass is 10.3. The lowest BCUT2D eigenvalue weighted by molar-refractivity contribution is -0.383. The number of halogens is 1. The lowest BCUT2D eigenvalue weighted by Crippen LogP contribution is -1.91. The third-order valence-corrected chi connectivity index (χ3v) is 1.41. The number of hydrogen-bond acceptors (Lipinski definition) is 3. The fourth-order valence-corrected chi connectivity index (χ4v) is 0.873. The van der Waals surface area contributed by atoms with Crippen LogP contribution in [0, 0.1) is 10.1 Å². The molecule has 4 nitrogen and oxygen atoms in total. The van der Waals surface area contributed by atoms with Crippen LogP contribution in [0.15, 0.2) is 24.3 Å². The molecule has 0 atom stereocenters. The number of rotatable bonds is 2. The molecule has 0 bridgehead atoms. The molecule has 1 rings (SSSR count). The topological polar surface area (TPSA) is 55.2 Å². The van der Waals surface area contributed by atoms with Crippen LogP contribution in [0.25, 0.3) is 0 Å². The van der Waals surface area contributed by atoms with Gasteiger partial charge in [-0.2, -0.15) is 0 Å². The molecule has 13 heavy (non-hydrogen) atoms. The Kier molecular flexibility index (Phi) is 5.63. The number of hydrogen-bond donors (Lipinski definition) is 1. The van der Waals surface area contributed by atoms with E-state index in [1.54, 1.807) is 12.1 Å². The van der Waals surface area contributed by atoms with E-state index < -0.39 is 4.92 Å². The molecule has 0 aliphatic carbocycles. The van der Waals surface area contributed by atoms with E-state index in [1.165, 1.54) is 12.1 Å². The van der Waals surface area contributed by atoms with Crippen LogP contribution in [0.4, 0.5) is 11.4 Å². The first-order valence-corrected chi connectivity index (χ1v) is 4.23. The SMILES string of the molecule is CC.O=[N+]([O-])c1ccccc1NCl. The Morgan fingerprint density at radius 2 is 1.92 bits per heavy atom. The molecule has 0 aromatic heterocycles. The van der Waals surface area contributed by atoms with Crippen molar-refractivity contribution >= 4 is 23.2 Å². The summed E-state index contributed by atoms with van der Waals surface area (Å²) in [6.45, 7) is 4.00. The van der Waals surface area contributed by atoms with Crippen molar-refractivity contribution in [1.82, 2.24) is 0 Å². The highest BCUT2D eigenvalue weighted by atomic mass is 35.5. The first-order valence-electron chi connectivity index (χ1n) is 3.86. The molecule has 0 saturated carbocycles. The van der Waals surface area contributed by atoms with E-state index in [-0.39, 0.29) is 5.69 Å². The summed E-state index contributed by atoms with van der Waals surface area (Å²) in [6.07, 6.45) is 0. The number of nitro benzene ring substituents is 1. The van der Waals surface area contributed by atoms with Gasteiger partial charge >= 0.3 is 0 Å². The maximum atomic E-state index is 10.3. The van der Waals surface area contributed by atoms with Crippen LogP contribution in [-0.4, -0.2) is 4.92 Å². The van der Waals surface area contributed by atoms with Crippen LogP contribution in [-0.2, 0) is 0 Å². The van der Waals surface area contributed by atoms with Crippen molar-refractivity contribution in [2.75, 3.05) is 4.84 Å². The third kappa shape index (κ3) is 3.29. The van der Waals surface area contributed by atoms with Gasteiger partial charge in [-0.3, -0.25) is 15.0 Å². The van der Waals surface area contributed by atoms with Gasteiger partial charge in [0.25, 0.3) is 5.69 Å². The first-order chi connectivity index (χ1) is 6.25. The highest BCUT2D eigenvalue weighted by molar-refractivity contribution is 6.24. The van der Waals surface area contributed by atoms with Crippen molar-refractivity contribution in [3.63, 3.8) is 0 Å². The standard InChI is InChI=1S/C6H5ClN2O2.C2H6/c7-8-5-3-1-2-4-6(5)9(10)11;1-2/h1-4,8H;1-2H3. The number of para-hydroxylation sites is 2. The van der Waals surface area contributed by atoms with Gasteiger partial charge in [-0.25, -0.2) is 0 Å². The molecular formula is C8H11ClN2O2. The number of anilines is 1. The van der Waals surface area contributed by atoms with Gasteiger partial charge in [-0.15, -0.1) is 0 Å². The van der Waals surface area contributed by atoms with Crippen molar-refractivity contribution < 1.29 is 4.92 Å². The normalized spacial score (nSPS) is 8.23. The number of nitrogens with one attached hydrogen (secondary N) is 1. The van der Waals surface area contributed by atoms with Gasteiger partial charge in [0.1, 0.15) is 5.69 Å². The third-order valence-electron chi connectivity index (χ3n) is 1.20. The smallest absolute Gasteiger partial charge is 0.292 e. The summed E-state index contributed by atoms with van der Waals surface area (Å²) in [7, 11) is 0. The summed E-state index contributed by atoms with van der Waals surface area (Å²) < 4.78 is 0. The number of nitrogens with zero attached hydrogens (tertiary/aromatic N) is 1. The van der Waals surface area contributed by atoms with Crippen LogP contribution in [0.1, 0.15) is 13.8 Å². The van der Waals surface area contributed by atoms with E-state index >= 15 is 0 Å². The monoisotopic (exact) mass is 202 g/mol. The van der Waals surface area contributed by atoms with E-state index in [2.05, 4.69) is 4.84 Å². The molecule has 0 aliphatic rings. The fourth-order valence-electron chi connectivity index (χ4n) is 0.713. The Bertz CT molecular complexity index is 279. The van der Waals surface area contributed by atoms with E-state index in [0.717, 1.165) is 0 Å². The van der Waals surface area contributed by atoms with Crippen LogP contribution in [0.2, 0.25) is 0 Å². The highest BCUT2D eigenvalue weighted by Gasteiger charge is 2.09. The predicted octanol–water partition coefficient (Wildman–Crippen LogP) is 3.19. The summed E-state index contributed by atoms with van der Waals surface area (Å²) in [5, 5.41) is 10.3. The molecule has 0 radical (unpaired) electrons. The van der Waals surface area contributed by atoms with Crippen LogP contribution in [0.3, 0.4) is 0 Å². The van der Waals surface area contributed by atoms with Crippen LogP contribution < -0.4 is 4.84 Å². The van der Waals surface area contributed by atoms with Crippen LogP contribution >= 0.6 is 11.8 Å². The second kappa shape index (κ2) is 6.25. The van der Waals surface area contributed by atoms with E-state index in [1.807, 2.05) is 13.8 Å². The Morgan fingerprint density at radius 1 is 1.38 bits per heavy atom. The predicted molar refractivity (Wildman–Crippen MR) is 53.9 cm³/mol. The lowest BCUT2D eigenvalue weighted by Gasteiger charge is -1.97. The fraction of sp³-hybridized carbons (Fsp3) is 0.250. The van der Waals surface area contributed by atoms with Crippen molar-refractivity contribution in [3.05, 3.63) is 34.4 Å². The molecule has 0 heterocycles. The molecule has 5 heteroatoms. The van der Waals surface area contributed by atoms with Gasteiger partial charge in [0.05, 0.1) is 4.92 Å². The molecule has 0 amide bonds. The molecule has 1 aromatic rings. The summed E-state index contributed by atoms with van der Waals surface area (Å²) in [5.74, 6) is 0. The van der Waals surface area contributed by atoms with E-state index in [0.29, 0.717) is 5.69 Å². The van der Waals surface area contributed by atoms with E-state index in [4.69, 9.17) is 11.8 Å². The molecule has 1 aromatic carbocycles. The molecule has 72 valence electrons. The molecule has 0 fully saturated rings. The van der Waals surface area contributed by atoms with Gasteiger partial charge < -0.3 is 0 Å². The van der Waals surface area contributed by atoms with Crippen molar-refractivity contribution in [2.24, 2.45) is 0 Å². The van der Waals surface area contributed by atoms with Gasteiger partial charge in [0.2, 0.25) is 0 Å². The molecular weight excluding hydrogens is 192 g/mol. The minimum Gasteiger partial charge on any atom is -0.292 e. The zero-order chi connectivity index (χ0) is 10.3. The average Bonchev–Trinajstić information content (AvgIpc) is 2.20. The molecule has 0 spiro atoms. The Morgan fingerprint density at radius 3 is 2.31 bits per heavy atom. The first kappa shape index (κ1) is 11.7. The van der Waals surface area contributed by atoms with Gasteiger partial charge in [0.15, 0.2) is 0 Å². The van der Waals surface area contributed by atoms with Gasteiger partial charge in [-0.1, -0.05) is 26.0 Å². The summed E-state index contributed by atoms with van der Waals surface area (Å²) in [5.41, 5.74) is 0.279. The maximum absolute atomic E-state index is 10.3. The van der Waals surface area contributed by atoms with Crippen molar-refractivity contribution in [1.29, 1.82) is 0 Å². The molecule has 0 saturated heterocycles.